The molecule has 0 spiro atoms. The number of phenolic OH excluding ortho intramolecular Hbond substituents is 1. The summed E-state index contributed by atoms with van der Waals surface area (Å²) in [7, 11) is 0. The molecule has 360 valence electrons. The van der Waals surface area contributed by atoms with Gasteiger partial charge in [-0.25, -0.2) is 4.98 Å². The molecule has 8 aromatic rings. The fourth-order valence-electron chi connectivity index (χ4n) is 8.41. The summed E-state index contributed by atoms with van der Waals surface area (Å²) in [5, 5.41) is 12.5. The third-order valence-corrected chi connectivity index (χ3v) is 12.6. The smallest absolute Gasteiger partial charge is 0.148 e. The van der Waals surface area contributed by atoms with E-state index in [4.69, 9.17) is 30.5 Å². The SMILES string of the molecule is [2H]c1c([2H])c(C(C([2H])([2H])[2H])(C([2H])([2H])[2H])C([2H])([2H])[2H])c([2H])c([2H])c1-c1ccnc(-c2[c-]c(-c3cccc4c3nc(-c3cc(C(C)(C)C)cc(C(C)(C)C)c3O)n4-c3ccc(-c4cc(C([2H])(C)C)cc(C([2H])(C)C)c4)cc3)cc(C(C)(C)C)c2)c1.[Pt]. The van der Waals surface area contributed by atoms with Crippen molar-refractivity contribution in [1.82, 2.24) is 14.5 Å². The van der Waals surface area contributed by atoms with Gasteiger partial charge in [0.2, 0.25) is 0 Å². The maximum absolute atomic E-state index is 12.5. The van der Waals surface area contributed by atoms with Gasteiger partial charge in [-0.05, 0) is 108 Å². The third-order valence-electron chi connectivity index (χ3n) is 12.6. The number of fused-ring (bicyclic) bond motifs is 1. The van der Waals surface area contributed by atoms with Crippen molar-refractivity contribution in [3.63, 3.8) is 0 Å². The van der Waals surface area contributed by atoms with Gasteiger partial charge in [0.15, 0.2) is 0 Å². The van der Waals surface area contributed by atoms with Crippen LogP contribution in [0.15, 0.2) is 127 Å². The Hall–Kier alpha value is -5.57. The summed E-state index contributed by atoms with van der Waals surface area (Å²) in [6.07, 6.45) is 1.41. The quantitative estimate of drug-likeness (QED) is 0.154. The van der Waals surface area contributed by atoms with Crippen LogP contribution in [-0.2, 0) is 42.7 Å². The van der Waals surface area contributed by atoms with Gasteiger partial charge in [-0.2, -0.15) is 0 Å². The fourth-order valence-corrected chi connectivity index (χ4v) is 8.41. The van der Waals surface area contributed by atoms with Gasteiger partial charge in [0.1, 0.15) is 11.6 Å². The van der Waals surface area contributed by atoms with Crippen molar-refractivity contribution in [2.24, 2.45) is 0 Å². The van der Waals surface area contributed by atoms with Gasteiger partial charge in [-0.1, -0.05) is 200 Å². The number of para-hydroxylation sites is 1. The average Bonchev–Trinajstić information content (AvgIpc) is 0.799. The number of rotatable bonds is 8. The summed E-state index contributed by atoms with van der Waals surface area (Å²) in [6.45, 7) is 14.6. The topological polar surface area (TPSA) is 50.9 Å². The van der Waals surface area contributed by atoms with Crippen molar-refractivity contribution < 1.29 is 46.7 Å². The van der Waals surface area contributed by atoms with E-state index in [1.54, 1.807) is 0 Å². The predicted octanol–water partition coefficient (Wildman–Crippen LogP) is 17.7. The van der Waals surface area contributed by atoms with Gasteiger partial charge >= 0.3 is 0 Å². The van der Waals surface area contributed by atoms with Gasteiger partial charge in [0.05, 0.1) is 22.1 Å². The van der Waals surface area contributed by atoms with E-state index in [-0.39, 0.29) is 43.4 Å². The van der Waals surface area contributed by atoms with Crippen molar-refractivity contribution in [1.29, 1.82) is 0 Å². The van der Waals surface area contributed by atoms with Crippen LogP contribution >= 0.6 is 0 Å². The Kier molecular flexibility index (Phi) is 9.54. The standard InChI is InChI=1S/C64H72N3O.Pt/c1-39(2)44-30-45(40(3)4)32-46(31-44)42-22-26-52(27-23-42)67-57-19-17-18-53(58(57)66-60(67)54-37-51(63(11,12)13)38-55(59(54)68)64(14,15)16)47-33-48(35-50(34-47)62(8,9)10)56-36-43(28-29-65-56)41-20-24-49(25-21-41)61(5,6)7;/h17-32,34-40,68H,1-16H3;/q-1;/i5D3,6D3,7D3,20D,21D,24D,25D,39D,40D;. The summed E-state index contributed by atoms with van der Waals surface area (Å²) in [5.74, 6) is -1.26. The van der Waals surface area contributed by atoms with Gasteiger partial charge in [0.25, 0.3) is 0 Å². The first-order valence-corrected chi connectivity index (χ1v) is 23.1. The molecule has 0 atom stereocenters. The first-order valence-electron chi connectivity index (χ1n) is 30.6. The Labute approximate surface area is 449 Å². The minimum Gasteiger partial charge on any atom is -0.507 e. The number of pyridine rings is 1. The van der Waals surface area contributed by atoms with E-state index in [1.807, 2.05) is 111 Å². The van der Waals surface area contributed by atoms with Crippen LogP contribution in [0.25, 0.3) is 72.7 Å². The van der Waals surface area contributed by atoms with Crippen molar-refractivity contribution in [3.05, 3.63) is 167 Å². The number of phenols is 1. The van der Waals surface area contributed by atoms with Crippen molar-refractivity contribution in [2.75, 3.05) is 0 Å². The van der Waals surface area contributed by atoms with Crippen molar-refractivity contribution >= 4 is 11.0 Å². The number of hydrogen-bond donors (Lipinski definition) is 1. The molecule has 0 radical (unpaired) electrons. The van der Waals surface area contributed by atoms with E-state index in [1.165, 1.54) is 18.3 Å². The second-order valence-electron chi connectivity index (χ2n) is 21.6. The van der Waals surface area contributed by atoms with Gasteiger partial charge in [-0.3, -0.25) is 9.55 Å². The zero-order valence-electron chi connectivity index (χ0n) is 56.9. The van der Waals surface area contributed by atoms with E-state index in [9.17, 15) is 5.11 Å². The fraction of sp³-hybridized carbons (Fsp3) is 0.344. The second kappa shape index (κ2) is 19.0. The molecule has 4 nitrogen and oxygen atoms in total. The molecule has 2 heterocycles. The van der Waals surface area contributed by atoms with E-state index in [0.29, 0.717) is 44.8 Å². The number of aromatic nitrogens is 3. The van der Waals surface area contributed by atoms with E-state index in [2.05, 4.69) is 74.4 Å². The van der Waals surface area contributed by atoms with E-state index >= 15 is 0 Å². The summed E-state index contributed by atoms with van der Waals surface area (Å²) in [6, 6.07) is 30.5. The number of imidazole rings is 1. The molecule has 0 unspecified atom stereocenters. The molecule has 0 saturated carbocycles. The van der Waals surface area contributed by atoms with Crippen LogP contribution in [0.4, 0.5) is 0 Å². The number of benzene rings is 6. The van der Waals surface area contributed by atoms with Crippen LogP contribution in [0.5, 0.6) is 5.75 Å². The zero-order chi connectivity index (χ0) is 62.1. The van der Waals surface area contributed by atoms with Crippen LogP contribution in [0.1, 0.15) is 176 Å². The largest absolute Gasteiger partial charge is 0.507 e. The average molecular weight is 1110 g/mol. The molecular formula is C64H72N3OPt-. The minimum atomic E-state index is -3.82. The number of hydrogen-bond acceptors (Lipinski definition) is 3. The van der Waals surface area contributed by atoms with Crippen molar-refractivity contribution in [3.8, 4) is 67.5 Å². The monoisotopic (exact) mass is 1110 g/mol. The minimum absolute atomic E-state index is 0. The summed E-state index contributed by atoms with van der Waals surface area (Å²) < 4.78 is 131. The molecule has 0 aliphatic carbocycles. The molecular weight excluding hydrogens is 1020 g/mol. The Morgan fingerprint density at radius 1 is 0.594 bits per heavy atom. The Bertz CT molecular complexity index is 3740. The van der Waals surface area contributed by atoms with E-state index in [0.717, 1.165) is 44.6 Å². The van der Waals surface area contributed by atoms with Gasteiger partial charge in [-0.15, -0.1) is 29.3 Å². The van der Waals surface area contributed by atoms with Crippen molar-refractivity contribution in [2.45, 2.75) is 144 Å². The van der Waals surface area contributed by atoms with Crippen LogP contribution in [0.2, 0.25) is 0 Å². The molecule has 2 aromatic heterocycles. The molecule has 0 amide bonds. The normalized spacial score (nSPS) is 16.6. The molecule has 0 aliphatic rings. The van der Waals surface area contributed by atoms with Crippen LogP contribution in [0, 0.1) is 6.07 Å². The van der Waals surface area contributed by atoms with E-state index < -0.39 is 78.3 Å². The van der Waals surface area contributed by atoms with Crippen LogP contribution in [0.3, 0.4) is 0 Å². The third kappa shape index (κ3) is 10.6. The summed E-state index contributed by atoms with van der Waals surface area (Å²) >= 11 is 0. The number of aromatic hydroxyl groups is 1. The molecule has 0 bridgehead atoms. The number of nitrogens with zero attached hydrogens (tertiary/aromatic N) is 3. The van der Waals surface area contributed by atoms with Gasteiger partial charge < -0.3 is 5.11 Å². The first kappa shape index (κ1) is 34.7. The second-order valence-corrected chi connectivity index (χ2v) is 21.6. The Morgan fingerprint density at radius 2 is 1.20 bits per heavy atom. The molecule has 69 heavy (non-hydrogen) atoms. The molecule has 0 saturated heterocycles. The Morgan fingerprint density at radius 3 is 1.78 bits per heavy atom. The summed E-state index contributed by atoms with van der Waals surface area (Å²) in [4.78, 5) is 10.2. The molecule has 6 aromatic carbocycles. The maximum Gasteiger partial charge on any atom is 0.148 e. The zero-order valence-corrected chi connectivity index (χ0v) is 44.2. The molecule has 0 aliphatic heterocycles. The van der Waals surface area contributed by atoms with Crippen LogP contribution < -0.4 is 0 Å². The predicted molar refractivity (Wildman–Crippen MR) is 290 cm³/mol. The van der Waals surface area contributed by atoms with Crippen LogP contribution in [-0.4, -0.2) is 19.6 Å². The maximum atomic E-state index is 12.5. The molecule has 0 fully saturated rings. The molecule has 1 N–H and O–H groups in total. The summed E-state index contributed by atoms with van der Waals surface area (Å²) in [5.41, 5.74) is 4.10. The molecule has 5 heteroatoms. The molecule has 8 rings (SSSR count). The van der Waals surface area contributed by atoms with Gasteiger partial charge in [0, 0.05) is 59.3 Å². The Balaban J connectivity index is 0.0000101. The first-order chi connectivity index (χ1) is 37.8.